The van der Waals surface area contributed by atoms with Crippen LogP contribution in [0.3, 0.4) is 0 Å². The van der Waals surface area contributed by atoms with Gasteiger partial charge in [-0.05, 0) is 59.0 Å². The fraction of sp³-hybridized carbons (Fsp3) is 0.522. The Bertz CT molecular complexity index is 667. The Hall–Kier alpha value is -0.119. The molecule has 1 aliphatic carbocycles. The van der Waals surface area contributed by atoms with Gasteiger partial charge in [-0.3, -0.25) is 6.08 Å². The van der Waals surface area contributed by atoms with Crippen molar-refractivity contribution in [2.45, 2.75) is 74.1 Å². The van der Waals surface area contributed by atoms with Crippen molar-refractivity contribution >= 4 is 45.1 Å². The molecular weight excluding hydrogens is 439 g/mol. The Labute approximate surface area is 200 Å². The fourth-order valence-electron chi connectivity index (χ4n) is 3.00. The number of phenols is 1. The molecule has 3 radical (unpaired) electrons. The predicted molar refractivity (Wildman–Crippen MR) is 128 cm³/mol. The molecule has 0 spiro atoms. The van der Waals surface area contributed by atoms with E-state index in [0.717, 1.165) is 17.2 Å². The van der Waals surface area contributed by atoms with Crippen molar-refractivity contribution in [3.63, 3.8) is 0 Å². The first-order chi connectivity index (χ1) is 11.8. The van der Waals surface area contributed by atoms with Gasteiger partial charge in [0.15, 0.2) is 0 Å². The summed E-state index contributed by atoms with van der Waals surface area (Å²) in [7, 11) is 3.56. The van der Waals surface area contributed by atoms with Crippen molar-refractivity contribution in [1.82, 2.24) is 0 Å². The Kier molecular flexibility index (Phi) is 15.4. The molecule has 28 heavy (non-hydrogen) atoms. The summed E-state index contributed by atoms with van der Waals surface area (Å²) in [6.45, 7) is 19.2. The summed E-state index contributed by atoms with van der Waals surface area (Å²) < 4.78 is 0. The number of rotatable bonds is 0. The zero-order chi connectivity index (χ0) is 20.9. The van der Waals surface area contributed by atoms with Gasteiger partial charge in [0.1, 0.15) is 5.75 Å². The van der Waals surface area contributed by atoms with Crippen LogP contribution < -0.4 is 5.19 Å². The summed E-state index contributed by atoms with van der Waals surface area (Å²) in [5.41, 5.74) is 6.29. The van der Waals surface area contributed by atoms with Crippen molar-refractivity contribution in [2.75, 3.05) is 0 Å². The van der Waals surface area contributed by atoms with E-state index in [0.29, 0.717) is 11.2 Å². The molecule has 1 aliphatic rings. The van der Waals surface area contributed by atoms with Gasteiger partial charge in [-0.1, -0.05) is 41.5 Å². The standard InChI is InChI=1S/C13H19OSi.C9H13.CH2.2ClH.Ti/c1-7-8(2)10(13(4,5)6)12(15)11(14)9(7)3;1-9(2,3)8-6-4-5-7-8;;;;/h14H,1-6H3;4,6H,5H2,1-3H3;1H2;2*1H;/q;-1;;;;+1. The molecule has 5 heteroatoms. The number of phenolic OH excluding ortho intramolecular Hbond substituents is 1. The van der Waals surface area contributed by atoms with Crippen LogP contribution in [0.15, 0.2) is 17.7 Å². The van der Waals surface area contributed by atoms with Gasteiger partial charge in [0.05, 0.1) is 10.2 Å². The van der Waals surface area contributed by atoms with E-state index in [-0.39, 0.29) is 30.2 Å². The Morgan fingerprint density at radius 1 is 0.929 bits per heavy atom. The minimum atomic E-state index is 0. The molecule has 0 aliphatic heterocycles. The van der Waals surface area contributed by atoms with Gasteiger partial charge >= 0.3 is 24.8 Å². The summed E-state index contributed by atoms with van der Waals surface area (Å²) >= 11 is 1.75. The number of hydrogen-bond acceptors (Lipinski definition) is 1. The molecule has 0 heterocycles. The molecule has 0 aromatic heterocycles. The van der Waals surface area contributed by atoms with E-state index in [2.05, 4.69) is 88.7 Å². The maximum absolute atomic E-state index is 10.0. The van der Waals surface area contributed by atoms with Gasteiger partial charge < -0.3 is 5.11 Å². The minimum absolute atomic E-state index is 0. The first kappa shape index (κ1) is 32.5. The van der Waals surface area contributed by atoms with Crippen LogP contribution in [0, 0.1) is 32.3 Å². The molecule has 0 amide bonds. The molecule has 0 saturated heterocycles. The molecule has 0 atom stereocenters. The van der Waals surface area contributed by atoms with Crippen LogP contribution in [0.4, 0.5) is 0 Å². The first-order valence-electron chi connectivity index (χ1n) is 8.96. The summed E-state index contributed by atoms with van der Waals surface area (Å²) in [6.07, 6.45) is 8.63. The summed E-state index contributed by atoms with van der Waals surface area (Å²) in [5.74, 6) is 0.375. The molecule has 0 unspecified atom stereocenters. The molecule has 0 saturated carbocycles. The average molecular weight is 475 g/mol. The zero-order valence-electron chi connectivity index (χ0n) is 18.8. The van der Waals surface area contributed by atoms with Crippen LogP contribution >= 0.6 is 24.8 Å². The number of aromatic hydroxyl groups is 1. The average Bonchev–Trinajstić information content (AvgIpc) is 3.07. The van der Waals surface area contributed by atoms with Crippen molar-refractivity contribution < 1.29 is 25.1 Å². The van der Waals surface area contributed by atoms with Gasteiger partial charge in [-0.2, -0.15) is 6.08 Å². The molecule has 1 nitrogen and oxygen atoms in total. The Balaban J connectivity index is -0.000000416. The third kappa shape index (κ3) is 8.71. The van der Waals surface area contributed by atoms with E-state index in [1.54, 1.807) is 20.0 Å². The number of benzene rings is 1. The first-order valence-corrected chi connectivity index (χ1v) is 10.6. The van der Waals surface area contributed by atoms with Gasteiger partial charge in [-0.15, -0.1) is 31.2 Å². The zero-order valence-corrected chi connectivity index (χ0v) is 23.0. The summed E-state index contributed by atoms with van der Waals surface area (Å²) in [4.78, 5) is 3.25. The van der Waals surface area contributed by atoms with Gasteiger partial charge in [-0.25, -0.2) is 11.6 Å². The van der Waals surface area contributed by atoms with E-state index in [1.165, 1.54) is 22.3 Å². The second-order valence-corrected chi connectivity index (χ2v) is 9.17. The van der Waals surface area contributed by atoms with E-state index in [4.69, 9.17) is 0 Å². The third-order valence-electron chi connectivity index (χ3n) is 4.59. The molecule has 2 rings (SSSR count). The van der Waals surface area contributed by atoms with Gasteiger partial charge in [0.2, 0.25) is 0 Å². The topological polar surface area (TPSA) is 20.2 Å². The monoisotopic (exact) mass is 474 g/mol. The van der Waals surface area contributed by atoms with Crippen molar-refractivity contribution in [1.29, 1.82) is 0 Å². The Morgan fingerprint density at radius 2 is 1.39 bits per heavy atom. The van der Waals surface area contributed by atoms with Gasteiger partial charge in [0.25, 0.3) is 0 Å². The molecule has 0 bridgehead atoms. The van der Waals surface area contributed by atoms with E-state index < -0.39 is 0 Å². The molecule has 156 valence electrons. The molecule has 1 aromatic rings. The quantitative estimate of drug-likeness (QED) is 0.364. The van der Waals surface area contributed by atoms with Crippen molar-refractivity contribution in [3.05, 3.63) is 46.1 Å². The van der Waals surface area contributed by atoms with Crippen molar-refractivity contribution in [3.8, 4) is 5.75 Å². The number of halogens is 2. The fourth-order valence-corrected chi connectivity index (χ4v) is 3.75. The van der Waals surface area contributed by atoms with Crippen LogP contribution in [0.25, 0.3) is 0 Å². The van der Waals surface area contributed by atoms with E-state index >= 15 is 0 Å². The SMILES string of the molecule is CC(C)(C)C1=[C-]CC=C1.Cc1c(C)c(O)c([Si])c(C(C)(C)C)c1C.Cl.Cl.[CH2]=[Ti+]. The van der Waals surface area contributed by atoms with Crippen LogP contribution in [0.5, 0.6) is 5.75 Å². The third-order valence-corrected chi connectivity index (χ3v) is 5.08. The second-order valence-electron chi connectivity index (χ2n) is 8.67. The molecular formula is C23H36Cl2OSiTi. The molecule has 0 fully saturated rings. The summed E-state index contributed by atoms with van der Waals surface area (Å²) in [6, 6.07) is 0. The van der Waals surface area contributed by atoms with E-state index in [9.17, 15) is 5.11 Å². The normalized spacial score (nSPS) is 12.5. The predicted octanol–water partition coefficient (Wildman–Crippen LogP) is 5.94. The second kappa shape index (κ2) is 13.2. The van der Waals surface area contributed by atoms with Crippen LogP contribution in [0.2, 0.25) is 0 Å². The number of allylic oxidation sites excluding steroid dienone is 4. The van der Waals surface area contributed by atoms with Crippen molar-refractivity contribution in [2.24, 2.45) is 5.41 Å². The van der Waals surface area contributed by atoms with Crippen LogP contribution in [-0.4, -0.2) is 20.2 Å². The maximum atomic E-state index is 10.0. The van der Waals surface area contributed by atoms with Gasteiger partial charge in [0, 0.05) is 0 Å². The van der Waals surface area contributed by atoms with Crippen LogP contribution in [-0.2, 0) is 25.4 Å². The van der Waals surface area contributed by atoms with E-state index in [1.807, 2.05) is 6.92 Å². The van der Waals surface area contributed by atoms with Crippen LogP contribution in [0.1, 0.15) is 70.2 Å². The molecule has 1 N–H and O–H groups in total. The Morgan fingerprint density at radius 3 is 1.68 bits per heavy atom. The summed E-state index contributed by atoms with van der Waals surface area (Å²) in [5, 5.41) is 10.8. The molecule has 1 aromatic carbocycles. The number of hydrogen-bond donors (Lipinski definition) is 1.